The van der Waals surface area contributed by atoms with Gasteiger partial charge >= 0.3 is 0 Å². The molecule has 0 aliphatic carbocycles. The minimum atomic E-state index is -0.302. The Bertz CT molecular complexity index is 744. The highest BCUT2D eigenvalue weighted by Gasteiger charge is 2.38. The molecule has 1 aromatic heterocycles. The van der Waals surface area contributed by atoms with Crippen LogP contribution in [-0.4, -0.2) is 48.6 Å². The molecule has 0 unspecified atom stereocenters. The maximum absolute atomic E-state index is 12.8. The van der Waals surface area contributed by atoms with Gasteiger partial charge in [0.25, 0.3) is 5.91 Å². The van der Waals surface area contributed by atoms with Crippen LogP contribution in [0.25, 0.3) is 10.1 Å². The quantitative estimate of drug-likeness (QED) is 0.864. The van der Waals surface area contributed by atoms with E-state index in [9.17, 15) is 9.59 Å². The summed E-state index contributed by atoms with van der Waals surface area (Å²) in [4.78, 5) is 27.0. The first-order chi connectivity index (χ1) is 11.7. The third-order valence-electron chi connectivity index (χ3n) is 4.94. The van der Waals surface area contributed by atoms with Crippen LogP contribution in [0, 0.1) is 0 Å². The fourth-order valence-corrected chi connectivity index (χ4v) is 4.47. The summed E-state index contributed by atoms with van der Waals surface area (Å²) >= 11 is 1.55. The Morgan fingerprint density at radius 3 is 2.83 bits per heavy atom. The van der Waals surface area contributed by atoms with E-state index in [1.807, 2.05) is 35.2 Å². The van der Waals surface area contributed by atoms with Crippen LogP contribution in [0.5, 0.6) is 0 Å². The number of carbonyl (C=O) groups is 2. The molecule has 2 saturated heterocycles. The van der Waals surface area contributed by atoms with Gasteiger partial charge in [-0.05, 0) is 30.4 Å². The Morgan fingerprint density at radius 1 is 1.25 bits per heavy atom. The molecule has 2 amide bonds. The molecule has 1 spiro atoms. The van der Waals surface area contributed by atoms with E-state index in [1.165, 1.54) is 0 Å². The van der Waals surface area contributed by atoms with Gasteiger partial charge in [-0.1, -0.05) is 18.2 Å². The van der Waals surface area contributed by atoms with Crippen molar-refractivity contribution in [1.82, 2.24) is 10.2 Å². The topological polar surface area (TPSA) is 58.6 Å². The molecular weight excluding hydrogens is 324 g/mol. The lowest BCUT2D eigenvalue weighted by molar-refractivity contribution is -0.120. The maximum Gasteiger partial charge on any atom is 0.263 e. The second-order valence-corrected chi connectivity index (χ2v) is 7.58. The number of hydrogen-bond donors (Lipinski definition) is 1. The Hall–Kier alpha value is -1.92. The van der Waals surface area contributed by atoms with E-state index in [4.69, 9.17) is 4.74 Å². The normalized spacial score (nSPS) is 20.8. The van der Waals surface area contributed by atoms with Crippen LogP contribution in [0.3, 0.4) is 0 Å². The second kappa shape index (κ2) is 6.18. The number of nitrogens with one attached hydrogen (secondary N) is 1. The molecule has 126 valence electrons. The first-order valence-corrected chi connectivity index (χ1v) is 9.15. The fraction of sp³-hybridized carbons (Fsp3) is 0.444. The predicted molar refractivity (Wildman–Crippen MR) is 93.3 cm³/mol. The van der Waals surface area contributed by atoms with Crippen molar-refractivity contribution in [1.29, 1.82) is 0 Å². The summed E-state index contributed by atoms with van der Waals surface area (Å²) in [5.41, 5.74) is -0.302. The van der Waals surface area contributed by atoms with Crippen LogP contribution < -0.4 is 5.32 Å². The molecule has 1 N–H and O–H groups in total. The number of amides is 2. The summed E-state index contributed by atoms with van der Waals surface area (Å²) < 4.78 is 7.11. The highest BCUT2D eigenvalue weighted by atomic mass is 32.1. The first kappa shape index (κ1) is 15.6. The van der Waals surface area contributed by atoms with E-state index in [0.717, 1.165) is 27.8 Å². The Kier molecular flexibility index (Phi) is 4.02. The van der Waals surface area contributed by atoms with Gasteiger partial charge in [-0.15, -0.1) is 11.3 Å². The standard InChI is InChI=1S/C18H20N2O3S/c21-16-5-10-23-18(12-19-16)6-8-20(9-7-18)17(22)15-11-13-3-1-2-4-14(13)24-15/h1-4,11H,5-10,12H2,(H,19,21). The molecule has 0 atom stereocenters. The zero-order valence-electron chi connectivity index (χ0n) is 13.4. The Labute approximate surface area is 144 Å². The molecule has 6 heteroatoms. The number of likely N-dealkylation sites (tertiary alicyclic amines) is 1. The van der Waals surface area contributed by atoms with Crippen LogP contribution in [-0.2, 0) is 9.53 Å². The molecule has 1 aromatic carbocycles. The minimum Gasteiger partial charge on any atom is -0.372 e. The number of carbonyl (C=O) groups excluding carboxylic acids is 2. The highest BCUT2D eigenvalue weighted by Crippen LogP contribution is 2.31. The molecule has 0 radical (unpaired) electrons. The minimum absolute atomic E-state index is 0.0515. The fourth-order valence-electron chi connectivity index (χ4n) is 3.44. The smallest absolute Gasteiger partial charge is 0.263 e. The monoisotopic (exact) mass is 344 g/mol. The van der Waals surface area contributed by atoms with Gasteiger partial charge in [0, 0.05) is 30.8 Å². The Morgan fingerprint density at radius 2 is 2.04 bits per heavy atom. The van der Waals surface area contributed by atoms with Gasteiger partial charge in [-0.2, -0.15) is 0 Å². The predicted octanol–water partition coefficient (Wildman–Crippen LogP) is 2.41. The first-order valence-electron chi connectivity index (χ1n) is 8.34. The number of piperidine rings is 1. The molecule has 2 aliphatic rings. The molecule has 4 rings (SSSR count). The van der Waals surface area contributed by atoms with Crippen LogP contribution in [0.4, 0.5) is 0 Å². The van der Waals surface area contributed by atoms with Gasteiger partial charge in [0.2, 0.25) is 5.91 Å². The van der Waals surface area contributed by atoms with Crippen molar-refractivity contribution in [2.45, 2.75) is 24.9 Å². The molecule has 2 aliphatic heterocycles. The van der Waals surface area contributed by atoms with E-state index in [-0.39, 0.29) is 17.4 Å². The van der Waals surface area contributed by atoms with Crippen molar-refractivity contribution < 1.29 is 14.3 Å². The van der Waals surface area contributed by atoms with E-state index in [1.54, 1.807) is 11.3 Å². The zero-order chi connectivity index (χ0) is 16.6. The SMILES string of the molecule is O=C1CCOC2(CCN(C(=O)c3cc4ccccc4s3)CC2)CN1. The molecule has 5 nitrogen and oxygen atoms in total. The van der Waals surface area contributed by atoms with Gasteiger partial charge in [0.1, 0.15) is 0 Å². The van der Waals surface area contributed by atoms with Gasteiger partial charge in [0.05, 0.1) is 17.1 Å². The van der Waals surface area contributed by atoms with Crippen molar-refractivity contribution in [3.8, 4) is 0 Å². The Balaban J connectivity index is 1.45. The lowest BCUT2D eigenvalue weighted by atomic mass is 9.91. The van der Waals surface area contributed by atoms with Crippen LogP contribution >= 0.6 is 11.3 Å². The molecule has 2 aromatic rings. The van der Waals surface area contributed by atoms with Crippen molar-refractivity contribution in [3.05, 3.63) is 35.2 Å². The van der Waals surface area contributed by atoms with Crippen LogP contribution in [0.2, 0.25) is 0 Å². The third kappa shape index (κ3) is 2.91. The van der Waals surface area contributed by atoms with Gasteiger partial charge in [-0.25, -0.2) is 0 Å². The average Bonchev–Trinajstić information content (AvgIpc) is 2.96. The number of hydrogen-bond acceptors (Lipinski definition) is 4. The number of nitrogens with zero attached hydrogens (tertiary/aromatic N) is 1. The van der Waals surface area contributed by atoms with E-state index in [0.29, 0.717) is 32.7 Å². The van der Waals surface area contributed by atoms with Crippen molar-refractivity contribution in [2.24, 2.45) is 0 Å². The van der Waals surface area contributed by atoms with Crippen molar-refractivity contribution in [2.75, 3.05) is 26.2 Å². The molecule has 0 saturated carbocycles. The lowest BCUT2D eigenvalue weighted by Gasteiger charge is -2.40. The van der Waals surface area contributed by atoms with E-state index >= 15 is 0 Å². The number of thiophene rings is 1. The molecule has 2 fully saturated rings. The van der Waals surface area contributed by atoms with Gasteiger partial charge in [-0.3, -0.25) is 9.59 Å². The highest BCUT2D eigenvalue weighted by molar-refractivity contribution is 7.20. The third-order valence-corrected chi connectivity index (χ3v) is 6.05. The number of rotatable bonds is 1. The van der Waals surface area contributed by atoms with Crippen molar-refractivity contribution in [3.63, 3.8) is 0 Å². The molecular formula is C18H20N2O3S. The van der Waals surface area contributed by atoms with E-state index < -0.39 is 0 Å². The summed E-state index contributed by atoms with van der Waals surface area (Å²) in [6.07, 6.45) is 1.96. The van der Waals surface area contributed by atoms with E-state index in [2.05, 4.69) is 5.32 Å². The number of fused-ring (bicyclic) bond motifs is 1. The second-order valence-electron chi connectivity index (χ2n) is 6.50. The summed E-state index contributed by atoms with van der Waals surface area (Å²) in [6, 6.07) is 10.1. The largest absolute Gasteiger partial charge is 0.372 e. The summed E-state index contributed by atoms with van der Waals surface area (Å²) in [5, 5.41) is 4.05. The summed E-state index contributed by atoms with van der Waals surface area (Å²) in [7, 11) is 0. The molecule has 24 heavy (non-hydrogen) atoms. The average molecular weight is 344 g/mol. The lowest BCUT2D eigenvalue weighted by Crippen LogP contribution is -2.52. The number of benzene rings is 1. The van der Waals surface area contributed by atoms with Crippen molar-refractivity contribution >= 4 is 33.2 Å². The summed E-state index contributed by atoms with van der Waals surface area (Å²) in [6.45, 7) is 2.36. The molecule has 3 heterocycles. The van der Waals surface area contributed by atoms with Gasteiger partial charge < -0.3 is 15.0 Å². The van der Waals surface area contributed by atoms with Crippen LogP contribution in [0.15, 0.2) is 30.3 Å². The maximum atomic E-state index is 12.8. The number of ether oxygens (including phenoxy) is 1. The summed E-state index contributed by atoms with van der Waals surface area (Å²) in [5.74, 6) is 0.152. The molecule has 0 bridgehead atoms. The zero-order valence-corrected chi connectivity index (χ0v) is 14.2. The van der Waals surface area contributed by atoms with Crippen LogP contribution in [0.1, 0.15) is 28.9 Å². The van der Waals surface area contributed by atoms with Gasteiger partial charge in [0.15, 0.2) is 0 Å².